The molecule has 8 heteroatoms. The van der Waals surface area contributed by atoms with Crippen LogP contribution in [0.5, 0.6) is 0 Å². The third-order valence-electron chi connectivity index (χ3n) is 6.37. The molecule has 0 radical (unpaired) electrons. The average Bonchev–Trinajstić information content (AvgIpc) is 3.20. The van der Waals surface area contributed by atoms with Gasteiger partial charge in [-0.2, -0.15) is 0 Å². The van der Waals surface area contributed by atoms with Crippen molar-refractivity contribution in [3.05, 3.63) is 30.1 Å². The van der Waals surface area contributed by atoms with E-state index in [9.17, 15) is 4.79 Å². The van der Waals surface area contributed by atoms with Gasteiger partial charge >= 0.3 is 6.03 Å². The Morgan fingerprint density at radius 1 is 1.18 bits per heavy atom. The molecule has 8 nitrogen and oxygen atoms in total. The number of nitrogen functional groups attached to an aromatic ring is 1. The maximum Gasteiger partial charge on any atom is 0.315 e. The van der Waals surface area contributed by atoms with Gasteiger partial charge in [0, 0.05) is 30.9 Å². The number of urea groups is 1. The van der Waals surface area contributed by atoms with E-state index in [4.69, 9.17) is 15.5 Å². The van der Waals surface area contributed by atoms with Crippen molar-refractivity contribution in [2.24, 2.45) is 0 Å². The molecule has 33 heavy (non-hydrogen) atoms. The van der Waals surface area contributed by atoms with Crippen LogP contribution in [-0.4, -0.2) is 46.4 Å². The highest BCUT2D eigenvalue weighted by molar-refractivity contribution is 6.06. The second kappa shape index (κ2) is 11.3. The quantitative estimate of drug-likeness (QED) is 0.401. The average molecular weight is 453 g/mol. The summed E-state index contributed by atoms with van der Waals surface area (Å²) in [5.74, 6) is 1.49. The fourth-order valence-electron chi connectivity index (χ4n) is 4.65. The predicted octanol–water partition coefficient (Wildman–Crippen LogP) is 4.16. The highest BCUT2D eigenvalue weighted by atomic mass is 16.5. The zero-order valence-electron chi connectivity index (χ0n) is 19.6. The first-order valence-corrected chi connectivity index (χ1v) is 12.3. The summed E-state index contributed by atoms with van der Waals surface area (Å²) in [6, 6.07) is 8.26. The Bertz CT molecular complexity index is 1070. The fourth-order valence-corrected chi connectivity index (χ4v) is 4.65. The van der Waals surface area contributed by atoms with Crippen molar-refractivity contribution < 1.29 is 9.53 Å². The van der Waals surface area contributed by atoms with Crippen LogP contribution in [0.1, 0.15) is 57.7 Å². The maximum atomic E-state index is 12.1. The molecule has 178 valence electrons. The van der Waals surface area contributed by atoms with Gasteiger partial charge < -0.3 is 25.7 Å². The lowest BCUT2D eigenvalue weighted by molar-refractivity contribution is 0.128. The Balaban J connectivity index is 1.36. The molecule has 4 N–H and O–H groups in total. The number of imidazole rings is 1. The van der Waals surface area contributed by atoms with Crippen molar-refractivity contribution in [1.29, 1.82) is 0 Å². The van der Waals surface area contributed by atoms with Crippen LogP contribution >= 0.6 is 0 Å². The molecule has 2 amide bonds. The van der Waals surface area contributed by atoms with E-state index in [1.807, 2.05) is 18.2 Å². The maximum absolute atomic E-state index is 12.1. The number of nitrogens with one attached hydrogen (secondary N) is 2. The van der Waals surface area contributed by atoms with Crippen LogP contribution in [0, 0.1) is 0 Å². The van der Waals surface area contributed by atoms with Gasteiger partial charge in [-0.25, -0.2) is 14.8 Å². The molecular formula is C25H36N6O2. The second-order valence-corrected chi connectivity index (χ2v) is 8.84. The molecule has 1 aliphatic carbocycles. The standard InChI is InChI=1S/C25H36N6O2/c1-2-3-13-21-30-22-23(19-11-7-8-12-20(19)29-24(22)26)31(21)15-17-33-16-14-27-25(32)28-18-9-5-4-6-10-18/h7-8,11-12,18H,2-6,9-10,13-17H2,1H3,(H2,26,29)(H2,27,28,32). The van der Waals surface area contributed by atoms with Gasteiger partial charge in [-0.3, -0.25) is 0 Å². The monoisotopic (exact) mass is 452 g/mol. The number of ether oxygens (including phenoxy) is 1. The number of nitrogens with zero attached hydrogens (tertiary/aromatic N) is 3. The van der Waals surface area contributed by atoms with Crippen LogP contribution in [0.15, 0.2) is 24.3 Å². The van der Waals surface area contributed by atoms with E-state index in [-0.39, 0.29) is 6.03 Å². The van der Waals surface area contributed by atoms with E-state index in [0.717, 1.165) is 59.9 Å². The van der Waals surface area contributed by atoms with Gasteiger partial charge in [0.15, 0.2) is 5.82 Å². The Labute approximate surface area is 195 Å². The molecule has 0 bridgehead atoms. The van der Waals surface area contributed by atoms with E-state index < -0.39 is 0 Å². The Hall–Kier alpha value is -2.87. The molecule has 4 rings (SSSR count). The third kappa shape index (κ3) is 5.74. The largest absolute Gasteiger partial charge is 0.382 e. The van der Waals surface area contributed by atoms with Gasteiger partial charge in [0.1, 0.15) is 11.3 Å². The number of amides is 2. The molecule has 0 aliphatic heterocycles. The van der Waals surface area contributed by atoms with Gasteiger partial charge in [-0.05, 0) is 25.3 Å². The van der Waals surface area contributed by atoms with Crippen LogP contribution in [0.4, 0.5) is 10.6 Å². The molecule has 1 saturated carbocycles. The minimum Gasteiger partial charge on any atom is -0.382 e. The molecule has 1 aromatic carbocycles. The number of carbonyl (C=O) groups excluding carboxylic acids is 1. The molecule has 0 saturated heterocycles. The van der Waals surface area contributed by atoms with Crippen molar-refractivity contribution in [3.8, 4) is 0 Å². The first-order chi connectivity index (χ1) is 16.2. The van der Waals surface area contributed by atoms with Crippen LogP contribution in [0.3, 0.4) is 0 Å². The number of fused-ring (bicyclic) bond motifs is 3. The van der Waals surface area contributed by atoms with Gasteiger partial charge in [-0.1, -0.05) is 50.8 Å². The number of rotatable bonds is 10. The predicted molar refractivity (Wildman–Crippen MR) is 132 cm³/mol. The van der Waals surface area contributed by atoms with Crippen LogP contribution in [0.25, 0.3) is 21.9 Å². The van der Waals surface area contributed by atoms with Gasteiger partial charge in [0.2, 0.25) is 0 Å². The Morgan fingerprint density at radius 2 is 2.00 bits per heavy atom. The number of benzene rings is 1. The number of para-hydroxylation sites is 1. The highest BCUT2D eigenvalue weighted by Gasteiger charge is 2.17. The van der Waals surface area contributed by atoms with Crippen LogP contribution in [-0.2, 0) is 17.7 Å². The number of aryl methyl sites for hydroxylation is 1. The lowest BCUT2D eigenvalue weighted by Gasteiger charge is -2.22. The van der Waals surface area contributed by atoms with Gasteiger partial charge in [0.25, 0.3) is 0 Å². The number of pyridine rings is 1. The van der Waals surface area contributed by atoms with Gasteiger partial charge in [-0.15, -0.1) is 0 Å². The molecule has 0 spiro atoms. The van der Waals surface area contributed by atoms with Crippen molar-refractivity contribution in [2.75, 3.05) is 25.5 Å². The SMILES string of the molecule is CCCCc1nc2c(N)nc3ccccc3c2n1CCOCCNC(=O)NC1CCCCC1. The number of hydrogen-bond acceptors (Lipinski definition) is 5. The first-order valence-electron chi connectivity index (χ1n) is 12.3. The van der Waals surface area contributed by atoms with E-state index in [1.54, 1.807) is 0 Å². The highest BCUT2D eigenvalue weighted by Crippen LogP contribution is 2.29. The molecular weight excluding hydrogens is 416 g/mol. The second-order valence-electron chi connectivity index (χ2n) is 8.84. The zero-order chi connectivity index (χ0) is 23.0. The smallest absolute Gasteiger partial charge is 0.315 e. The first kappa shape index (κ1) is 23.3. The minimum atomic E-state index is -0.0950. The number of unbranched alkanes of at least 4 members (excludes halogenated alkanes) is 1. The summed E-state index contributed by atoms with van der Waals surface area (Å²) in [7, 11) is 0. The summed E-state index contributed by atoms with van der Waals surface area (Å²) < 4.78 is 8.09. The molecule has 0 unspecified atom stereocenters. The summed E-state index contributed by atoms with van der Waals surface area (Å²) in [4.78, 5) is 21.5. The van der Waals surface area contributed by atoms with E-state index in [2.05, 4.69) is 33.2 Å². The van der Waals surface area contributed by atoms with E-state index >= 15 is 0 Å². The van der Waals surface area contributed by atoms with Crippen molar-refractivity contribution in [1.82, 2.24) is 25.2 Å². The topological polar surface area (TPSA) is 107 Å². The minimum absolute atomic E-state index is 0.0950. The molecule has 1 aliphatic rings. The summed E-state index contributed by atoms with van der Waals surface area (Å²) >= 11 is 0. The number of nitrogens with two attached hydrogens (primary N) is 1. The van der Waals surface area contributed by atoms with Crippen molar-refractivity contribution in [3.63, 3.8) is 0 Å². The molecule has 3 aromatic rings. The normalized spacial score (nSPS) is 14.7. The van der Waals surface area contributed by atoms with Crippen molar-refractivity contribution >= 4 is 33.8 Å². The molecule has 0 atom stereocenters. The number of aromatic nitrogens is 3. The lowest BCUT2D eigenvalue weighted by Crippen LogP contribution is -2.43. The Kier molecular flexibility index (Phi) is 7.99. The summed E-state index contributed by atoms with van der Waals surface area (Å²) in [5, 5.41) is 7.02. The molecule has 2 heterocycles. The lowest BCUT2D eigenvalue weighted by atomic mass is 9.96. The van der Waals surface area contributed by atoms with E-state index in [0.29, 0.717) is 38.2 Å². The number of anilines is 1. The summed E-state index contributed by atoms with van der Waals surface area (Å²) in [5.41, 5.74) is 8.92. The summed E-state index contributed by atoms with van der Waals surface area (Å²) in [6.45, 7) is 4.36. The molecule has 1 fully saturated rings. The fraction of sp³-hybridized carbons (Fsp3) is 0.560. The van der Waals surface area contributed by atoms with Crippen LogP contribution in [0.2, 0.25) is 0 Å². The third-order valence-corrected chi connectivity index (χ3v) is 6.37. The van der Waals surface area contributed by atoms with Crippen molar-refractivity contribution in [2.45, 2.75) is 70.9 Å². The van der Waals surface area contributed by atoms with E-state index in [1.165, 1.54) is 19.3 Å². The Morgan fingerprint density at radius 3 is 2.82 bits per heavy atom. The summed E-state index contributed by atoms with van der Waals surface area (Å²) in [6.07, 6.45) is 8.90. The number of carbonyl (C=O) groups is 1. The van der Waals surface area contributed by atoms with Crippen LogP contribution < -0.4 is 16.4 Å². The molecule has 2 aromatic heterocycles. The number of hydrogen-bond donors (Lipinski definition) is 3. The van der Waals surface area contributed by atoms with Gasteiger partial charge in [0.05, 0.1) is 24.2 Å². The zero-order valence-corrected chi connectivity index (χ0v) is 19.6.